The Morgan fingerprint density at radius 2 is 1.75 bits per heavy atom. The molecule has 2 nitrogen and oxygen atoms in total. The normalized spacial score (nSPS) is 18.2. The zero-order chi connectivity index (χ0) is 15.4. The fourth-order valence-corrected chi connectivity index (χ4v) is 2.17. The molecule has 1 aliphatic heterocycles. The van der Waals surface area contributed by atoms with Crippen molar-refractivity contribution in [1.82, 2.24) is 0 Å². The molecule has 106 valence electrons. The molecular formula is C18H24N2. The van der Waals surface area contributed by atoms with Crippen LogP contribution in [0.25, 0.3) is 0 Å². The summed E-state index contributed by atoms with van der Waals surface area (Å²) in [5.41, 5.74) is 6.12. The lowest BCUT2D eigenvalue weighted by atomic mass is 9.99. The van der Waals surface area contributed by atoms with Gasteiger partial charge in [0.15, 0.2) is 5.84 Å². The molecule has 1 rings (SSSR count). The first-order valence-electron chi connectivity index (χ1n) is 6.78. The quantitative estimate of drug-likeness (QED) is 0.638. The van der Waals surface area contributed by atoms with Gasteiger partial charge in [0.05, 0.1) is 5.71 Å². The summed E-state index contributed by atoms with van der Waals surface area (Å²) < 4.78 is 0. The summed E-state index contributed by atoms with van der Waals surface area (Å²) in [6.45, 7) is 22.0. The molecule has 1 aliphatic rings. The molecule has 0 aliphatic carbocycles. The zero-order valence-electron chi connectivity index (χ0n) is 13.2. The van der Waals surface area contributed by atoms with Gasteiger partial charge in [0, 0.05) is 5.57 Å². The maximum atomic E-state index is 4.73. The SMILES string of the molecule is C=CC(=C)C1N=C(C(C(=C)C)=C(C)C)N=C1/C(C)=C/C. The first kappa shape index (κ1) is 16.1. The maximum absolute atomic E-state index is 4.73. The Kier molecular flexibility index (Phi) is 5.20. The minimum atomic E-state index is -0.132. The van der Waals surface area contributed by atoms with Gasteiger partial charge in [-0.1, -0.05) is 37.5 Å². The molecule has 0 spiro atoms. The van der Waals surface area contributed by atoms with Crippen molar-refractivity contribution >= 4 is 11.5 Å². The average Bonchev–Trinajstić information content (AvgIpc) is 2.80. The molecule has 20 heavy (non-hydrogen) atoms. The van der Waals surface area contributed by atoms with Crippen LogP contribution in [0.2, 0.25) is 0 Å². The van der Waals surface area contributed by atoms with E-state index in [0.717, 1.165) is 33.8 Å². The van der Waals surface area contributed by atoms with E-state index in [2.05, 4.69) is 33.6 Å². The Hall–Kier alpha value is -1.96. The summed E-state index contributed by atoms with van der Waals surface area (Å²) in [6.07, 6.45) is 3.79. The molecule has 0 bridgehead atoms. The first-order chi connectivity index (χ1) is 9.33. The number of hydrogen-bond acceptors (Lipinski definition) is 2. The van der Waals surface area contributed by atoms with Gasteiger partial charge >= 0.3 is 0 Å². The van der Waals surface area contributed by atoms with Crippen LogP contribution in [0.15, 0.2) is 69.7 Å². The van der Waals surface area contributed by atoms with Crippen molar-refractivity contribution in [3.8, 4) is 0 Å². The average molecular weight is 268 g/mol. The van der Waals surface area contributed by atoms with E-state index in [0.29, 0.717) is 0 Å². The molecule has 0 aromatic carbocycles. The highest BCUT2D eigenvalue weighted by molar-refractivity contribution is 6.20. The molecule has 0 fully saturated rings. The third-order valence-electron chi connectivity index (χ3n) is 3.34. The summed E-state index contributed by atoms with van der Waals surface area (Å²) >= 11 is 0. The van der Waals surface area contributed by atoms with Gasteiger partial charge in [-0.15, -0.1) is 0 Å². The van der Waals surface area contributed by atoms with Gasteiger partial charge in [-0.25, -0.2) is 4.99 Å². The van der Waals surface area contributed by atoms with Crippen LogP contribution in [0.3, 0.4) is 0 Å². The highest BCUT2D eigenvalue weighted by atomic mass is 15.0. The minimum Gasteiger partial charge on any atom is -0.251 e. The lowest BCUT2D eigenvalue weighted by Gasteiger charge is -2.10. The van der Waals surface area contributed by atoms with Crippen molar-refractivity contribution in [2.45, 2.75) is 40.7 Å². The van der Waals surface area contributed by atoms with Gasteiger partial charge in [0.25, 0.3) is 0 Å². The topological polar surface area (TPSA) is 24.7 Å². The van der Waals surface area contributed by atoms with Gasteiger partial charge in [0.2, 0.25) is 0 Å². The third-order valence-corrected chi connectivity index (χ3v) is 3.34. The fourth-order valence-electron chi connectivity index (χ4n) is 2.17. The molecular weight excluding hydrogens is 244 g/mol. The Morgan fingerprint density at radius 3 is 2.15 bits per heavy atom. The van der Waals surface area contributed by atoms with Gasteiger partial charge in [-0.3, -0.25) is 4.99 Å². The molecule has 0 N–H and O–H groups in total. The zero-order valence-corrected chi connectivity index (χ0v) is 13.2. The van der Waals surface area contributed by atoms with Gasteiger partial charge in [0.1, 0.15) is 6.04 Å². The van der Waals surface area contributed by atoms with Crippen molar-refractivity contribution < 1.29 is 0 Å². The largest absolute Gasteiger partial charge is 0.251 e. The molecule has 0 radical (unpaired) electrons. The van der Waals surface area contributed by atoms with Crippen molar-refractivity contribution in [3.05, 3.63) is 59.8 Å². The molecule has 2 heteroatoms. The van der Waals surface area contributed by atoms with Gasteiger partial charge in [-0.05, 0) is 51.3 Å². The Labute approximate surface area is 122 Å². The van der Waals surface area contributed by atoms with Crippen molar-refractivity contribution in [2.75, 3.05) is 0 Å². The van der Waals surface area contributed by atoms with E-state index < -0.39 is 0 Å². The van der Waals surface area contributed by atoms with E-state index in [1.165, 1.54) is 5.57 Å². The van der Waals surface area contributed by atoms with E-state index >= 15 is 0 Å². The second kappa shape index (κ2) is 6.47. The smallest absolute Gasteiger partial charge is 0.156 e. The highest BCUT2D eigenvalue weighted by Gasteiger charge is 2.27. The monoisotopic (exact) mass is 268 g/mol. The van der Waals surface area contributed by atoms with Gasteiger partial charge < -0.3 is 0 Å². The lowest BCUT2D eigenvalue weighted by Crippen LogP contribution is -2.17. The van der Waals surface area contributed by atoms with Crippen LogP contribution in [0, 0.1) is 0 Å². The summed E-state index contributed by atoms with van der Waals surface area (Å²) in [6, 6.07) is -0.132. The van der Waals surface area contributed by atoms with Crippen LogP contribution < -0.4 is 0 Å². The van der Waals surface area contributed by atoms with E-state index in [-0.39, 0.29) is 6.04 Å². The summed E-state index contributed by atoms with van der Waals surface area (Å²) in [4.78, 5) is 9.46. The number of allylic oxidation sites excluding steroid dienone is 2. The van der Waals surface area contributed by atoms with Crippen molar-refractivity contribution in [2.24, 2.45) is 9.98 Å². The standard InChI is InChI=1S/C18H24N2/c1-9-13(7)16-17(14(8)10-2)20-18(19-16)15(11(3)4)12(5)6/h9-10,16H,1,3,7H2,2,4-6,8H3/b14-10+. The minimum absolute atomic E-state index is 0.132. The predicted octanol–water partition coefficient (Wildman–Crippen LogP) is 4.83. The Bertz CT molecular complexity index is 577. The number of rotatable bonds is 5. The molecule has 1 unspecified atom stereocenters. The van der Waals surface area contributed by atoms with E-state index in [9.17, 15) is 0 Å². The molecule has 0 saturated carbocycles. The summed E-state index contributed by atoms with van der Waals surface area (Å²) in [5.74, 6) is 0.752. The molecule has 0 amide bonds. The summed E-state index contributed by atoms with van der Waals surface area (Å²) in [7, 11) is 0. The highest BCUT2D eigenvalue weighted by Crippen LogP contribution is 2.25. The number of amidine groups is 1. The van der Waals surface area contributed by atoms with Crippen LogP contribution in [0.4, 0.5) is 0 Å². The van der Waals surface area contributed by atoms with E-state index in [1.807, 2.05) is 26.8 Å². The fraction of sp³-hybridized carbons (Fsp3) is 0.333. The lowest BCUT2D eigenvalue weighted by molar-refractivity contribution is 1.05. The van der Waals surface area contributed by atoms with Crippen molar-refractivity contribution in [3.63, 3.8) is 0 Å². The second-order valence-corrected chi connectivity index (χ2v) is 5.26. The Balaban J connectivity index is 3.40. The number of hydrogen-bond donors (Lipinski definition) is 0. The third kappa shape index (κ3) is 3.13. The number of aliphatic imine (C=N–C) groups is 2. The summed E-state index contributed by atoms with van der Waals surface area (Å²) in [5, 5.41) is 0. The van der Waals surface area contributed by atoms with Crippen LogP contribution >= 0.6 is 0 Å². The van der Waals surface area contributed by atoms with E-state index in [1.54, 1.807) is 6.08 Å². The van der Waals surface area contributed by atoms with Crippen LogP contribution in [0.1, 0.15) is 34.6 Å². The van der Waals surface area contributed by atoms with E-state index in [4.69, 9.17) is 9.98 Å². The molecule has 0 aromatic heterocycles. The second-order valence-electron chi connectivity index (χ2n) is 5.26. The Morgan fingerprint density at radius 1 is 1.15 bits per heavy atom. The predicted molar refractivity (Wildman–Crippen MR) is 90.6 cm³/mol. The van der Waals surface area contributed by atoms with Crippen molar-refractivity contribution in [1.29, 1.82) is 0 Å². The van der Waals surface area contributed by atoms with Crippen LogP contribution in [-0.2, 0) is 0 Å². The number of nitrogens with zero attached hydrogens (tertiary/aromatic N) is 2. The molecule has 1 atom stereocenters. The van der Waals surface area contributed by atoms with Crippen LogP contribution in [-0.4, -0.2) is 17.6 Å². The molecule has 0 saturated heterocycles. The molecule has 0 aromatic rings. The van der Waals surface area contributed by atoms with Crippen LogP contribution in [0.5, 0.6) is 0 Å². The first-order valence-corrected chi connectivity index (χ1v) is 6.78. The van der Waals surface area contributed by atoms with Gasteiger partial charge in [-0.2, -0.15) is 0 Å². The maximum Gasteiger partial charge on any atom is 0.156 e. The molecule has 1 heterocycles.